The zero-order valence-electron chi connectivity index (χ0n) is 42.4. The number of carboxylic acids is 1. The van der Waals surface area contributed by atoms with Gasteiger partial charge in [0.25, 0.3) is 17.7 Å². The monoisotopic (exact) mass is 1450 g/mol. The molecule has 0 aliphatic carbocycles. The molecule has 0 aliphatic heterocycles. The van der Waals surface area contributed by atoms with Crippen LogP contribution in [0.2, 0.25) is 30.1 Å². The standard InChI is InChI=1S/C21H14Cl2N2O3S2.C19H10Cl2N2O3S2.C18H9Cl2IN2OS2/c1-2-28-20(27)12-4-6-17-13(7-12)9-18(30-17)19(26)25-21-24-16(10-29-21)11-3-5-14(22)15(23)8-11;20-12-3-1-9(6-13(12)21)14-8-27-19(22-14)23-17(24)16-7-11-5-10(18(25)26)2-4-15(11)28-16;19-12-3-1-9(6-13(12)20)14-8-25-18(22-14)23-17(24)16-7-10-5-11(21)2-4-15(10)26-16/h3-10H,2H2,1H3,(H,24,25,26);1-8H,(H,25,26)(H,22,23,24);1-8H,(H,22,23,24). The third kappa shape index (κ3) is 14.8. The maximum absolute atomic E-state index is 12.7. The van der Waals surface area contributed by atoms with Crippen LogP contribution in [0.1, 0.15) is 56.7 Å². The van der Waals surface area contributed by atoms with Crippen molar-refractivity contribution in [2.75, 3.05) is 22.6 Å². The number of hydrogen-bond donors (Lipinski definition) is 4. The van der Waals surface area contributed by atoms with Gasteiger partial charge in [-0.2, -0.15) is 0 Å². The van der Waals surface area contributed by atoms with Crippen molar-refractivity contribution < 1.29 is 33.8 Å². The van der Waals surface area contributed by atoms with E-state index >= 15 is 0 Å². The molecule has 0 unspecified atom stereocenters. The van der Waals surface area contributed by atoms with E-state index in [1.54, 1.807) is 85.8 Å². The largest absolute Gasteiger partial charge is 0.478 e. The minimum atomic E-state index is -1.00. The van der Waals surface area contributed by atoms with Gasteiger partial charge in [-0.15, -0.1) is 68.0 Å². The zero-order chi connectivity index (χ0) is 59.3. The molecular formula is C58H33Cl6IN6O7S6. The zero-order valence-corrected chi connectivity index (χ0v) is 54.0. The lowest BCUT2D eigenvalue weighted by Crippen LogP contribution is -2.09. The third-order valence-electron chi connectivity index (χ3n) is 11.8. The average molecular weight is 1460 g/mol. The van der Waals surface area contributed by atoms with Gasteiger partial charge < -0.3 is 9.84 Å². The average Bonchev–Trinajstić information content (AvgIpc) is 3.78. The number of carboxylic acid groups (broad SMARTS) is 1. The van der Waals surface area contributed by atoms with Crippen molar-refractivity contribution in [3.05, 3.63) is 203 Å². The minimum absolute atomic E-state index is 0.156. The van der Waals surface area contributed by atoms with Crippen molar-refractivity contribution in [1.29, 1.82) is 0 Å². The maximum atomic E-state index is 12.7. The van der Waals surface area contributed by atoms with Gasteiger partial charge in [0, 0.05) is 50.5 Å². The number of amides is 3. The molecule has 6 aromatic carbocycles. The maximum Gasteiger partial charge on any atom is 0.338 e. The van der Waals surface area contributed by atoms with Crippen LogP contribution in [0.25, 0.3) is 64.0 Å². The van der Waals surface area contributed by atoms with Gasteiger partial charge in [-0.05, 0) is 155 Å². The molecule has 0 spiro atoms. The van der Waals surface area contributed by atoms with Crippen LogP contribution in [0.15, 0.2) is 144 Å². The van der Waals surface area contributed by atoms with Gasteiger partial charge >= 0.3 is 11.9 Å². The molecule has 0 aliphatic rings. The van der Waals surface area contributed by atoms with Crippen LogP contribution in [0.5, 0.6) is 0 Å². The van der Waals surface area contributed by atoms with Crippen molar-refractivity contribution in [3.8, 4) is 33.8 Å². The Kier molecular flexibility index (Phi) is 19.7. The van der Waals surface area contributed by atoms with E-state index in [0.717, 1.165) is 50.8 Å². The van der Waals surface area contributed by atoms with Gasteiger partial charge in [0.05, 0.1) is 79.6 Å². The summed E-state index contributed by atoms with van der Waals surface area (Å²) in [6.45, 7) is 2.07. The summed E-state index contributed by atoms with van der Waals surface area (Å²) in [5.41, 5.74) is 5.24. The molecule has 13 nitrogen and oxygen atoms in total. The predicted molar refractivity (Wildman–Crippen MR) is 358 cm³/mol. The molecule has 84 heavy (non-hydrogen) atoms. The lowest BCUT2D eigenvalue weighted by atomic mass is 10.1. The first-order valence-corrected chi connectivity index (χ1v) is 32.6. The molecule has 3 amide bonds. The second-order valence-corrected chi connectivity index (χ2v) is 26.9. The summed E-state index contributed by atoms with van der Waals surface area (Å²) in [6.07, 6.45) is 0. The van der Waals surface area contributed by atoms with E-state index in [2.05, 4.69) is 59.6 Å². The highest BCUT2D eigenvalue weighted by Gasteiger charge is 2.19. The van der Waals surface area contributed by atoms with Gasteiger partial charge in [0.15, 0.2) is 15.4 Å². The molecular weight excluding hydrogens is 1420 g/mol. The van der Waals surface area contributed by atoms with Gasteiger partial charge in [-0.3, -0.25) is 30.3 Å². The lowest BCUT2D eigenvalue weighted by molar-refractivity contribution is 0.0525. The highest BCUT2D eigenvalue weighted by molar-refractivity contribution is 14.1. The van der Waals surface area contributed by atoms with E-state index in [1.165, 1.54) is 74.1 Å². The van der Waals surface area contributed by atoms with E-state index in [0.29, 0.717) is 89.1 Å². The van der Waals surface area contributed by atoms with Crippen molar-refractivity contribution in [1.82, 2.24) is 15.0 Å². The summed E-state index contributed by atoms with van der Waals surface area (Å²) < 4.78 is 9.00. The van der Waals surface area contributed by atoms with Crippen LogP contribution < -0.4 is 16.0 Å². The summed E-state index contributed by atoms with van der Waals surface area (Å²) in [4.78, 5) is 75.8. The number of nitrogens with zero attached hydrogens (tertiary/aromatic N) is 3. The Hall–Kier alpha value is -6.09. The minimum Gasteiger partial charge on any atom is -0.478 e. The number of benzene rings is 6. The predicted octanol–water partition coefficient (Wildman–Crippen LogP) is 20.2. The highest BCUT2D eigenvalue weighted by Crippen LogP contribution is 2.36. The molecule has 4 N–H and O–H groups in total. The fraction of sp³-hybridized carbons (Fsp3) is 0.0345. The summed E-state index contributed by atoms with van der Waals surface area (Å²) in [7, 11) is 0. The fourth-order valence-corrected chi connectivity index (χ4v) is 14.1. The summed E-state index contributed by atoms with van der Waals surface area (Å²) >= 11 is 46.4. The van der Waals surface area contributed by atoms with Crippen LogP contribution in [0.4, 0.5) is 15.4 Å². The normalized spacial score (nSPS) is 11.0. The topological polar surface area (TPSA) is 190 Å². The Morgan fingerprint density at radius 1 is 0.464 bits per heavy atom. The number of thiazole rings is 3. The van der Waals surface area contributed by atoms with E-state index < -0.39 is 5.97 Å². The molecule has 12 rings (SSSR count). The molecule has 0 saturated heterocycles. The molecule has 0 saturated carbocycles. The molecule has 6 heterocycles. The van der Waals surface area contributed by atoms with Crippen molar-refractivity contribution in [2.24, 2.45) is 0 Å². The van der Waals surface area contributed by atoms with Gasteiger partial charge in [0.2, 0.25) is 0 Å². The number of halogens is 7. The first-order valence-electron chi connectivity index (χ1n) is 24.2. The van der Waals surface area contributed by atoms with Crippen LogP contribution in [0, 0.1) is 3.57 Å². The molecule has 0 bridgehead atoms. The second-order valence-electron chi connectivity index (χ2n) is 17.4. The molecule has 6 aromatic heterocycles. The first-order chi connectivity index (χ1) is 40.3. The van der Waals surface area contributed by atoms with Gasteiger partial charge in [-0.25, -0.2) is 24.5 Å². The number of ether oxygens (including phenoxy) is 1. The van der Waals surface area contributed by atoms with E-state index in [4.69, 9.17) is 79.4 Å². The molecule has 0 atom stereocenters. The lowest BCUT2D eigenvalue weighted by Gasteiger charge is -2.00. The summed E-state index contributed by atoms with van der Waals surface area (Å²) in [5.74, 6) is -2.10. The molecule has 0 fully saturated rings. The number of aromatic nitrogens is 3. The second kappa shape index (κ2) is 27.1. The number of fused-ring (bicyclic) bond motifs is 3. The van der Waals surface area contributed by atoms with Crippen LogP contribution >= 0.6 is 160 Å². The van der Waals surface area contributed by atoms with Crippen molar-refractivity contribution in [3.63, 3.8) is 0 Å². The Balaban J connectivity index is 0.000000141. The highest BCUT2D eigenvalue weighted by atomic mass is 127. The van der Waals surface area contributed by atoms with Crippen LogP contribution in [-0.4, -0.2) is 56.3 Å². The van der Waals surface area contributed by atoms with E-state index in [-0.39, 0.29) is 29.3 Å². The SMILES string of the molecule is CCOC(=O)c1ccc2sc(C(=O)Nc3nc(-c4ccc(Cl)c(Cl)c4)cs3)cc2c1.O=C(Nc1nc(-c2ccc(Cl)c(Cl)c2)cs1)c1cc2cc(I)ccc2s1.O=C(O)c1ccc2sc(C(=O)Nc3nc(-c4ccc(Cl)c(Cl)c4)cs3)cc2c1. The fourth-order valence-electron chi connectivity index (χ4n) is 7.74. The number of anilines is 3. The number of carbonyl (C=O) groups excluding carboxylic acids is 4. The Labute approximate surface area is 544 Å². The number of hydrogen-bond acceptors (Lipinski definition) is 15. The smallest absolute Gasteiger partial charge is 0.338 e. The Morgan fingerprint density at radius 3 is 1.19 bits per heavy atom. The van der Waals surface area contributed by atoms with Crippen molar-refractivity contribution in [2.45, 2.75) is 6.92 Å². The number of nitrogens with one attached hydrogen (secondary N) is 3. The Morgan fingerprint density at radius 2 is 0.821 bits per heavy atom. The molecule has 26 heteroatoms. The van der Waals surface area contributed by atoms with Crippen molar-refractivity contribution >= 4 is 236 Å². The summed E-state index contributed by atoms with van der Waals surface area (Å²) in [5, 5.41) is 29.9. The molecule has 12 aromatic rings. The summed E-state index contributed by atoms with van der Waals surface area (Å²) in [6, 6.07) is 37.3. The quantitative estimate of drug-likeness (QED) is 0.0677. The number of thiophene rings is 3. The van der Waals surface area contributed by atoms with E-state index in [9.17, 15) is 24.0 Å². The van der Waals surface area contributed by atoms with Crippen LogP contribution in [-0.2, 0) is 4.74 Å². The molecule has 0 radical (unpaired) electrons. The first kappa shape index (κ1) is 61.0. The number of rotatable bonds is 12. The third-order valence-corrected chi connectivity index (χ3v) is 20.3. The van der Waals surface area contributed by atoms with E-state index in [1.807, 2.05) is 52.5 Å². The number of carbonyl (C=O) groups is 5. The molecule has 422 valence electrons. The van der Waals surface area contributed by atoms with Crippen LogP contribution in [0.3, 0.4) is 0 Å². The number of esters is 1. The van der Waals surface area contributed by atoms with Gasteiger partial charge in [0.1, 0.15) is 0 Å². The Bertz CT molecular complexity index is 4540. The van der Waals surface area contributed by atoms with Gasteiger partial charge in [-0.1, -0.05) is 87.8 Å². The number of aromatic carboxylic acids is 1.